The molecule has 1 aromatic heterocycles. The van der Waals surface area contributed by atoms with E-state index in [1.165, 1.54) is 12.3 Å². The molecule has 0 atom stereocenters. The Bertz CT molecular complexity index is 1240. The van der Waals surface area contributed by atoms with Crippen molar-refractivity contribution in [3.05, 3.63) is 75.7 Å². The number of hydrogen-bond donors (Lipinski definition) is 2. The van der Waals surface area contributed by atoms with Crippen LogP contribution in [0.5, 0.6) is 0 Å². The van der Waals surface area contributed by atoms with Gasteiger partial charge in [0.2, 0.25) is 5.91 Å². The highest BCUT2D eigenvalue weighted by molar-refractivity contribution is 7.15. The number of carbonyl (C=O) groups is 2. The fourth-order valence-corrected chi connectivity index (χ4v) is 3.96. The molecular formula is C21H14F7N3O2S. The number of benzene rings is 2. The SMILES string of the molecule is NC(=O)CNC(=O)c1ccc(-c2cnc(Cc3cc(F)cc(C(F)(F)F)c3)s2)cc1C(F)(F)F. The van der Waals surface area contributed by atoms with Crippen molar-refractivity contribution in [1.82, 2.24) is 10.3 Å². The summed E-state index contributed by atoms with van der Waals surface area (Å²) in [5.41, 5.74) is 1.77. The number of primary amides is 1. The third-order valence-corrected chi connectivity index (χ3v) is 5.52. The van der Waals surface area contributed by atoms with Crippen molar-refractivity contribution in [3.8, 4) is 10.4 Å². The molecule has 2 amide bonds. The van der Waals surface area contributed by atoms with Gasteiger partial charge >= 0.3 is 12.4 Å². The Hall–Kier alpha value is -3.48. The third kappa shape index (κ3) is 6.10. The van der Waals surface area contributed by atoms with Crippen LogP contribution in [-0.2, 0) is 23.6 Å². The molecule has 180 valence electrons. The maximum atomic E-state index is 13.6. The Morgan fingerprint density at radius 1 is 1.00 bits per heavy atom. The summed E-state index contributed by atoms with van der Waals surface area (Å²) in [7, 11) is 0. The van der Waals surface area contributed by atoms with Crippen molar-refractivity contribution < 1.29 is 40.3 Å². The predicted octanol–water partition coefficient (Wildman–Crippen LogP) is 4.79. The second kappa shape index (κ2) is 9.41. The summed E-state index contributed by atoms with van der Waals surface area (Å²) in [6, 6.07) is 4.92. The summed E-state index contributed by atoms with van der Waals surface area (Å²) >= 11 is 0.904. The fraction of sp³-hybridized carbons (Fsp3) is 0.190. The normalized spacial score (nSPS) is 12.0. The van der Waals surface area contributed by atoms with E-state index in [-0.39, 0.29) is 27.4 Å². The largest absolute Gasteiger partial charge is 0.417 e. The lowest BCUT2D eigenvalue weighted by Crippen LogP contribution is -2.34. The van der Waals surface area contributed by atoms with Crippen LogP contribution in [0.15, 0.2) is 42.6 Å². The molecule has 0 spiro atoms. The van der Waals surface area contributed by atoms with Gasteiger partial charge in [-0.05, 0) is 41.5 Å². The highest BCUT2D eigenvalue weighted by atomic mass is 32.1. The first-order valence-electron chi connectivity index (χ1n) is 9.33. The van der Waals surface area contributed by atoms with Gasteiger partial charge in [-0.15, -0.1) is 11.3 Å². The van der Waals surface area contributed by atoms with Crippen molar-refractivity contribution in [2.24, 2.45) is 5.73 Å². The number of alkyl halides is 6. The van der Waals surface area contributed by atoms with Crippen LogP contribution in [0.25, 0.3) is 10.4 Å². The van der Waals surface area contributed by atoms with Crippen molar-refractivity contribution in [1.29, 1.82) is 0 Å². The topological polar surface area (TPSA) is 85.1 Å². The van der Waals surface area contributed by atoms with E-state index in [2.05, 4.69) is 4.98 Å². The highest BCUT2D eigenvalue weighted by Crippen LogP contribution is 2.37. The first-order valence-corrected chi connectivity index (χ1v) is 10.1. The molecule has 3 rings (SSSR count). The molecule has 0 unspecified atom stereocenters. The maximum Gasteiger partial charge on any atom is 0.417 e. The van der Waals surface area contributed by atoms with Crippen LogP contribution in [0, 0.1) is 5.82 Å². The number of aromatic nitrogens is 1. The summed E-state index contributed by atoms with van der Waals surface area (Å²) in [6.07, 6.45) is -8.60. The van der Waals surface area contributed by atoms with Crippen LogP contribution in [0.3, 0.4) is 0 Å². The van der Waals surface area contributed by atoms with Crippen LogP contribution >= 0.6 is 11.3 Å². The number of thiazole rings is 1. The van der Waals surface area contributed by atoms with Gasteiger partial charge < -0.3 is 11.1 Å². The van der Waals surface area contributed by atoms with E-state index in [1.807, 2.05) is 5.32 Å². The van der Waals surface area contributed by atoms with Gasteiger partial charge in [-0.1, -0.05) is 6.07 Å². The van der Waals surface area contributed by atoms with E-state index in [9.17, 15) is 40.3 Å². The second-order valence-electron chi connectivity index (χ2n) is 7.05. The van der Waals surface area contributed by atoms with Crippen LogP contribution in [0.4, 0.5) is 30.7 Å². The molecule has 0 saturated carbocycles. The standard InChI is InChI=1S/C21H14F7N3O2S/c22-13-4-10(3-12(7-13)20(23,24)25)5-18-30-8-16(34-18)11-1-2-14(15(6-11)21(26,27)28)19(33)31-9-17(29)32/h1-4,6-8H,5,9H2,(H2,29,32)(H,31,33). The Balaban J connectivity index is 1.90. The van der Waals surface area contributed by atoms with Crippen molar-refractivity contribution in [2.45, 2.75) is 18.8 Å². The minimum atomic E-state index is -4.90. The van der Waals surface area contributed by atoms with E-state index in [4.69, 9.17) is 5.73 Å². The molecule has 34 heavy (non-hydrogen) atoms. The Kier molecular flexibility index (Phi) is 6.96. The van der Waals surface area contributed by atoms with E-state index >= 15 is 0 Å². The summed E-state index contributed by atoms with van der Waals surface area (Å²) in [5.74, 6) is -3.16. The van der Waals surface area contributed by atoms with E-state index in [1.54, 1.807) is 0 Å². The molecule has 2 aromatic carbocycles. The molecule has 0 aliphatic rings. The molecule has 0 bridgehead atoms. The zero-order valence-corrected chi connectivity index (χ0v) is 17.7. The van der Waals surface area contributed by atoms with Gasteiger partial charge in [0.15, 0.2) is 0 Å². The summed E-state index contributed by atoms with van der Waals surface area (Å²) in [6.45, 7) is -0.647. The zero-order valence-electron chi connectivity index (χ0n) is 16.9. The van der Waals surface area contributed by atoms with E-state index in [0.29, 0.717) is 6.07 Å². The van der Waals surface area contributed by atoms with Crippen LogP contribution in [-0.4, -0.2) is 23.3 Å². The molecule has 0 aliphatic carbocycles. The molecule has 3 N–H and O–H groups in total. The number of nitrogens with one attached hydrogen (secondary N) is 1. The highest BCUT2D eigenvalue weighted by Gasteiger charge is 2.36. The van der Waals surface area contributed by atoms with Gasteiger partial charge in [0.25, 0.3) is 5.91 Å². The minimum Gasteiger partial charge on any atom is -0.368 e. The summed E-state index contributed by atoms with van der Waals surface area (Å²) in [4.78, 5) is 27.1. The molecule has 0 radical (unpaired) electrons. The number of rotatable bonds is 6. The van der Waals surface area contributed by atoms with Gasteiger partial charge in [0.1, 0.15) is 5.82 Å². The average molecular weight is 505 g/mol. The lowest BCUT2D eigenvalue weighted by molar-refractivity contribution is -0.138. The average Bonchev–Trinajstić information content (AvgIpc) is 3.18. The molecule has 0 fully saturated rings. The molecular weight excluding hydrogens is 491 g/mol. The molecule has 0 saturated heterocycles. The van der Waals surface area contributed by atoms with Crippen LogP contribution < -0.4 is 11.1 Å². The number of amides is 2. The smallest absolute Gasteiger partial charge is 0.368 e. The first kappa shape index (κ1) is 25.1. The Morgan fingerprint density at radius 2 is 1.71 bits per heavy atom. The van der Waals surface area contributed by atoms with Gasteiger partial charge in [-0.3, -0.25) is 9.59 Å². The van der Waals surface area contributed by atoms with Gasteiger partial charge in [-0.2, -0.15) is 26.3 Å². The fourth-order valence-electron chi connectivity index (χ4n) is 3.01. The van der Waals surface area contributed by atoms with Crippen molar-refractivity contribution in [2.75, 3.05) is 6.54 Å². The molecule has 3 aromatic rings. The van der Waals surface area contributed by atoms with E-state index < -0.39 is 53.2 Å². The first-order chi connectivity index (χ1) is 15.7. The number of nitrogens with zero attached hydrogens (tertiary/aromatic N) is 1. The molecule has 1 heterocycles. The van der Waals surface area contributed by atoms with Crippen molar-refractivity contribution >= 4 is 23.2 Å². The second-order valence-corrected chi connectivity index (χ2v) is 8.16. The van der Waals surface area contributed by atoms with Gasteiger partial charge in [0.05, 0.1) is 33.1 Å². The third-order valence-electron chi connectivity index (χ3n) is 4.47. The number of carbonyl (C=O) groups excluding carboxylic acids is 2. The number of halogens is 7. The van der Waals surface area contributed by atoms with Gasteiger partial charge in [0, 0.05) is 12.6 Å². The summed E-state index contributed by atoms with van der Waals surface area (Å²) < 4.78 is 93.0. The molecule has 13 heteroatoms. The lowest BCUT2D eigenvalue weighted by Gasteiger charge is -2.14. The zero-order chi connectivity index (χ0) is 25.3. The van der Waals surface area contributed by atoms with Crippen LogP contribution in [0.1, 0.15) is 32.1 Å². The minimum absolute atomic E-state index is 0.00863. The summed E-state index contributed by atoms with van der Waals surface area (Å²) in [5, 5.41) is 2.23. The number of nitrogens with two attached hydrogens (primary N) is 1. The maximum absolute atomic E-state index is 13.6. The molecule has 5 nitrogen and oxygen atoms in total. The predicted molar refractivity (Wildman–Crippen MR) is 108 cm³/mol. The van der Waals surface area contributed by atoms with Crippen molar-refractivity contribution in [3.63, 3.8) is 0 Å². The van der Waals surface area contributed by atoms with Gasteiger partial charge in [-0.25, -0.2) is 9.37 Å². The monoisotopic (exact) mass is 505 g/mol. The van der Waals surface area contributed by atoms with E-state index in [0.717, 1.165) is 35.6 Å². The quantitative estimate of drug-likeness (QED) is 0.473. The Labute approximate surface area is 191 Å². The van der Waals surface area contributed by atoms with Crippen LogP contribution in [0.2, 0.25) is 0 Å². The number of hydrogen-bond acceptors (Lipinski definition) is 4. The Morgan fingerprint density at radius 3 is 2.32 bits per heavy atom. The molecule has 0 aliphatic heterocycles. The lowest BCUT2D eigenvalue weighted by atomic mass is 10.0.